The van der Waals surface area contributed by atoms with Crippen molar-refractivity contribution in [3.63, 3.8) is 0 Å². The first-order chi connectivity index (χ1) is 8.50. The molecule has 0 fully saturated rings. The Labute approximate surface area is 127 Å². The number of rotatable bonds is 3. The van der Waals surface area contributed by atoms with E-state index in [2.05, 4.69) is 38.7 Å². The summed E-state index contributed by atoms with van der Waals surface area (Å²) in [7, 11) is 0. The minimum absolute atomic E-state index is 0. The summed E-state index contributed by atoms with van der Waals surface area (Å²) in [5.41, 5.74) is 1.89. The maximum atomic E-state index is 11.9. The standard InChI is InChI=1S/C16H21NO.Li/c1-10(2)15(11(3)4)13-9-8-12-6-5-7-14(18)16(12)17-13;/h5-11,15,18H,1-4H3;/q;+1. The maximum Gasteiger partial charge on any atom is 1.00 e. The molecule has 0 radical (unpaired) electrons. The van der Waals surface area contributed by atoms with Gasteiger partial charge in [-0.15, -0.1) is 0 Å². The molecule has 1 aromatic heterocycles. The Kier molecular flexibility index (Phi) is 5.47. The van der Waals surface area contributed by atoms with E-state index in [0.29, 0.717) is 17.8 Å². The molecule has 1 N–H and O–H groups in total. The van der Waals surface area contributed by atoms with Crippen LogP contribution in [0.1, 0.15) is 39.3 Å². The van der Waals surface area contributed by atoms with Gasteiger partial charge < -0.3 is 5.11 Å². The summed E-state index contributed by atoms with van der Waals surface area (Å²) in [5.74, 6) is 1.63. The smallest absolute Gasteiger partial charge is 0.868 e. The molecule has 1 aromatic carbocycles. The molecule has 2 nitrogen and oxygen atoms in total. The number of nitrogens with one attached hydrogen (secondary N) is 1. The van der Waals surface area contributed by atoms with Crippen molar-refractivity contribution >= 4 is 10.9 Å². The maximum absolute atomic E-state index is 11.9. The predicted octanol–water partition coefficient (Wildman–Crippen LogP) is 0.127. The molecule has 1 heterocycles. The van der Waals surface area contributed by atoms with Crippen molar-refractivity contribution in [2.24, 2.45) is 11.8 Å². The summed E-state index contributed by atoms with van der Waals surface area (Å²) in [5, 5.41) is 12.8. The first kappa shape index (κ1) is 16.1. The number of aromatic amines is 1. The van der Waals surface area contributed by atoms with Gasteiger partial charge in [-0.05, 0) is 29.7 Å². The summed E-state index contributed by atoms with van der Waals surface area (Å²) in [4.78, 5) is 3.35. The molecule has 0 aliphatic heterocycles. The van der Waals surface area contributed by atoms with Crippen LogP contribution in [0.2, 0.25) is 0 Å². The number of para-hydroxylation sites is 1. The molecule has 0 saturated carbocycles. The van der Waals surface area contributed by atoms with Gasteiger partial charge in [0.15, 0.2) is 5.69 Å². The summed E-state index contributed by atoms with van der Waals surface area (Å²) in [6.07, 6.45) is 0. The molecule has 0 saturated heterocycles. The van der Waals surface area contributed by atoms with E-state index in [1.54, 1.807) is 12.1 Å². The molecule has 0 aliphatic rings. The Morgan fingerprint density at radius 2 is 1.58 bits per heavy atom. The molecule has 19 heavy (non-hydrogen) atoms. The van der Waals surface area contributed by atoms with Gasteiger partial charge >= 0.3 is 18.9 Å². The third-order valence-electron chi connectivity index (χ3n) is 3.57. The number of aromatic nitrogens is 1. The van der Waals surface area contributed by atoms with E-state index >= 15 is 0 Å². The zero-order valence-electron chi connectivity index (χ0n) is 12.5. The summed E-state index contributed by atoms with van der Waals surface area (Å²) in [6.45, 7) is 8.91. The third kappa shape index (κ3) is 3.32. The number of hydrogen-bond donors (Lipinski definition) is 0. The summed E-state index contributed by atoms with van der Waals surface area (Å²) in [6, 6.07) is 9.55. The SMILES string of the molecule is CC(C)C(c1ccc2cccc([O-])c2[nH+]1)C(C)C.[Li+]. The molecule has 96 valence electrons. The van der Waals surface area contributed by atoms with Crippen LogP contribution in [0.15, 0.2) is 30.3 Å². The third-order valence-corrected chi connectivity index (χ3v) is 3.57. The molecule has 0 spiro atoms. The van der Waals surface area contributed by atoms with Crippen LogP contribution in [0.5, 0.6) is 5.75 Å². The second-order valence-corrected chi connectivity index (χ2v) is 5.65. The molecule has 2 rings (SSSR count). The zero-order valence-corrected chi connectivity index (χ0v) is 12.5. The largest absolute Gasteiger partial charge is 1.00 e. The van der Waals surface area contributed by atoms with Gasteiger partial charge in [-0.2, -0.15) is 0 Å². The molecule has 0 atom stereocenters. The minimum atomic E-state index is 0. The van der Waals surface area contributed by atoms with Gasteiger partial charge in [-0.3, -0.25) is 0 Å². The van der Waals surface area contributed by atoms with E-state index < -0.39 is 0 Å². The van der Waals surface area contributed by atoms with Gasteiger partial charge in [0, 0.05) is 17.4 Å². The molecular weight excluding hydrogens is 229 g/mol. The van der Waals surface area contributed by atoms with E-state index in [1.165, 1.54) is 0 Å². The number of fused-ring (bicyclic) bond motifs is 1. The second kappa shape index (κ2) is 6.46. The zero-order chi connectivity index (χ0) is 13.3. The normalized spacial score (nSPS) is 11.3. The van der Waals surface area contributed by atoms with Gasteiger partial charge in [-0.1, -0.05) is 39.8 Å². The summed E-state index contributed by atoms with van der Waals surface area (Å²) >= 11 is 0. The van der Waals surface area contributed by atoms with E-state index in [0.717, 1.165) is 16.6 Å². The predicted molar refractivity (Wildman–Crippen MR) is 72.4 cm³/mol. The number of pyridine rings is 1. The van der Waals surface area contributed by atoms with Crippen LogP contribution in [-0.2, 0) is 0 Å². The molecule has 0 bridgehead atoms. The van der Waals surface area contributed by atoms with Crippen molar-refractivity contribution < 1.29 is 29.0 Å². The number of benzene rings is 1. The van der Waals surface area contributed by atoms with Crippen molar-refractivity contribution in [1.82, 2.24) is 0 Å². The van der Waals surface area contributed by atoms with Crippen LogP contribution >= 0.6 is 0 Å². The van der Waals surface area contributed by atoms with Gasteiger partial charge in [-0.25, -0.2) is 4.98 Å². The molecule has 0 aliphatic carbocycles. The average Bonchev–Trinajstić information content (AvgIpc) is 2.29. The van der Waals surface area contributed by atoms with Crippen LogP contribution in [0.4, 0.5) is 0 Å². The molecular formula is C16H21LiNO+. The quantitative estimate of drug-likeness (QED) is 0.713. The second-order valence-electron chi connectivity index (χ2n) is 5.65. The molecule has 0 amide bonds. The van der Waals surface area contributed by atoms with Crippen molar-refractivity contribution in [3.05, 3.63) is 36.0 Å². The number of H-pyrrole nitrogens is 1. The van der Waals surface area contributed by atoms with Crippen molar-refractivity contribution in [2.45, 2.75) is 33.6 Å². The van der Waals surface area contributed by atoms with Crippen LogP contribution < -0.4 is 29.0 Å². The first-order valence-corrected chi connectivity index (χ1v) is 6.62. The fraction of sp³-hybridized carbons (Fsp3) is 0.438. The Balaban J connectivity index is 0.00000180. The van der Waals surface area contributed by atoms with Crippen molar-refractivity contribution in [2.75, 3.05) is 0 Å². The number of hydrogen-bond acceptors (Lipinski definition) is 1. The Morgan fingerprint density at radius 1 is 0.947 bits per heavy atom. The molecule has 2 aromatic rings. The van der Waals surface area contributed by atoms with Gasteiger partial charge in [0.2, 0.25) is 5.52 Å². The van der Waals surface area contributed by atoms with Gasteiger partial charge in [0.1, 0.15) is 0 Å². The van der Waals surface area contributed by atoms with E-state index in [9.17, 15) is 5.11 Å². The minimum Gasteiger partial charge on any atom is -0.868 e. The Hall–Kier alpha value is -0.973. The molecule has 0 unspecified atom stereocenters. The molecule has 3 heteroatoms. The van der Waals surface area contributed by atoms with E-state index in [1.807, 2.05) is 12.1 Å². The van der Waals surface area contributed by atoms with Gasteiger partial charge in [0.05, 0.1) is 0 Å². The van der Waals surface area contributed by atoms with Crippen molar-refractivity contribution in [3.8, 4) is 5.75 Å². The van der Waals surface area contributed by atoms with Crippen LogP contribution in [0.3, 0.4) is 0 Å². The first-order valence-electron chi connectivity index (χ1n) is 6.62. The van der Waals surface area contributed by atoms with Crippen LogP contribution in [-0.4, -0.2) is 0 Å². The van der Waals surface area contributed by atoms with Crippen LogP contribution in [0.25, 0.3) is 10.9 Å². The summed E-state index contributed by atoms with van der Waals surface area (Å²) < 4.78 is 0. The monoisotopic (exact) mass is 250 g/mol. The van der Waals surface area contributed by atoms with Gasteiger partial charge in [0.25, 0.3) is 0 Å². The van der Waals surface area contributed by atoms with Crippen molar-refractivity contribution in [1.29, 1.82) is 0 Å². The average molecular weight is 250 g/mol. The Morgan fingerprint density at radius 3 is 2.16 bits per heavy atom. The Bertz CT molecular complexity index is 543. The van der Waals surface area contributed by atoms with Crippen LogP contribution in [0, 0.1) is 11.8 Å². The fourth-order valence-corrected chi connectivity index (χ4v) is 2.87. The fourth-order valence-electron chi connectivity index (χ4n) is 2.87. The van der Waals surface area contributed by atoms with E-state index in [-0.39, 0.29) is 24.6 Å². The topological polar surface area (TPSA) is 37.2 Å². The van der Waals surface area contributed by atoms with E-state index in [4.69, 9.17) is 0 Å².